The molecule has 1 heterocycles. The molecule has 152 valence electrons. The van der Waals surface area contributed by atoms with Crippen LogP contribution in [0.2, 0.25) is 0 Å². The summed E-state index contributed by atoms with van der Waals surface area (Å²) < 4.78 is 21.8. The zero-order valence-electron chi connectivity index (χ0n) is 17.2. The van der Waals surface area contributed by atoms with E-state index in [0.717, 1.165) is 31.4 Å². The lowest BCUT2D eigenvalue weighted by Crippen LogP contribution is -2.25. The highest BCUT2D eigenvalue weighted by molar-refractivity contribution is 5.92. The van der Waals surface area contributed by atoms with Gasteiger partial charge in [-0.05, 0) is 44.7 Å². The summed E-state index contributed by atoms with van der Waals surface area (Å²) in [7, 11) is 1.72. The van der Waals surface area contributed by atoms with Gasteiger partial charge in [-0.1, -0.05) is 37.6 Å². The molecule has 0 atom stereocenters. The van der Waals surface area contributed by atoms with Crippen LogP contribution in [0.3, 0.4) is 0 Å². The largest absolute Gasteiger partial charge is 0.490 e. The van der Waals surface area contributed by atoms with E-state index in [9.17, 15) is 9.18 Å². The summed E-state index contributed by atoms with van der Waals surface area (Å²) in [6, 6.07) is 6.75. The van der Waals surface area contributed by atoms with Crippen molar-refractivity contribution in [1.29, 1.82) is 0 Å². The topological polar surface area (TPSA) is 56.1 Å². The number of allylic oxidation sites excluding steroid dienone is 2. The normalized spacial score (nSPS) is 11.5. The second-order valence-electron chi connectivity index (χ2n) is 6.80. The fourth-order valence-electron chi connectivity index (χ4n) is 2.74. The first-order valence-corrected chi connectivity index (χ1v) is 9.83. The van der Waals surface area contributed by atoms with Gasteiger partial charge in [0, 0.05) is 19.2 Å². The second kappa shape index (κ2) is 10.6. The molecule has 1 N–H and O–H groups in total. The van der Waals surface area contributed by atoms with Gasteiger partial charge in [-0.2, -0.15) is 5.10 Å². The monoisotopic (exact) mass is 387 g/mol. The standard InChI is InChI=1S/C22H30FN3O2/c1-5-16(3)10-7-8-13-28-20-12-9-11-17(21(20)23)15-24-22(27)19-14-18(6-2)25-26(19)4/h9-12,14H,5-8,13,15H2,1-4H3,(H,24,27). The number of halogens is 1. The Morgan fingerprint density at radius 1 is 1.36 bits per heavy atom. The van der Waals surface area contributed by atoms with Crippen molar-refractivity contribution in [3.05, 3.63) is 58.7 Å². The SMILES string of the molecule is CCC(C)=CCCCOc1cccc(CNC(=O)c2cc(CC)nn2C)c1F. The quantitative estimate of drug-likeness (QED) is 0.480. The maximum atomic E-state index is 14.6. The molecule has 0 spiro atoms. The molecule has 0 saturated heterocycles. The number of amides is 1. The van der Waals surface area contributed by atoms with Crippen molar-refractivity contribution in [2.24, 2.45) is 7.05 Å². The molecule has 1 aromatic heterocycles. The van der Waals surface area contributed by atoms with Crippen LogP contribution in [-0.4, -0.2) is 22.3 Å². The highest BCUT2D eigenvalue weighted by atomic mass is 19.1. The minimum absolute atomic E-state index is 0.0902. The molecule has 0 bridgehead atoms. The van der Waals surface area contributed by atoms with E-state index in [1.807, 2.05) is 6.92 Å². The van der Waals surface area contributed by atoms with Gasteiger partial charge in [0.05, 0.1) is 12.3 Å². The number of carbonyl (C=O) groups is 1. The minimum atomic E-state index is -0.428. The molecule has 0 aliphatic carbocycles. The predicted octanol–water partition coefficient (Wildman–Crippen LogP) is 4.57. The molecular weight excluding hydrogens is 357 g/mol. The average molecular weight is 387 g/mol. The van der Waals surface area contributed by atoms with E-state index in [0.29, 0.717) is 17.9 Å². The van der Waals surface area contributed by atoms with Gasteiger partial charge in [0.2, 0.25) is 0 Å². The number of aromatic nitrogens is 2. The van der Waals surface area contributed by atoms with Crippen LogP contribution in [0.5, 0.6) is 5.75 Å². The van der Waals surface area contributed by atoms with Gasteiger partial charge in [-0.15, -0.1) is 0 Å². The number of unbranched alkanes of at least 4 members (excludes halogenated alkanes) is 1. The van der Waals surface area contributed by atoms with Crippen LogP contribution in [0, 0.1) is 5.82 Å². The van der Waals surface area contributed by atoms with Crippen LogP contribution >= 0.6 is 0 Å². The van der Waals surface area contributed by atoms with E-state index in [4.69, 9.17) is 4.74 Å². The van der Waals surface area contributed by atoms with Crippen molar-refractivity contribution in [3.63, 3.8) is 0 Å². The van der Waals surface area contributed by atoms with E-state index in [1.54, 1.807) is 36.0 Å². The third-order valence-corrected chi connectivity index (χ3v) is 4.66. The molecule has 0 unspecified atom stereocenters. The van der Waals surface area contributed by atoms with Gasteiger partial charge >= 0.3 is 0 Å². The van der Waals surface area contributed by atoms with Crippen LogP contribution in [0.25, 0.3) is 0 Å². The zero-order valence-corrected chi connectivity index (χ0v) is 17.2. The van der Waals surface area contributed by atoms with Crippen molar-refractivity contribution in [2.45, 2.75) is 53.0 Å². The summed E-state index contributed by atoms with van der Waals surface area (Å²) in [6.45, 7) is 6.75. The predicted molar refractivity (Wildman–Crippen MR) is 109 cm³/mol. The fourth-order valence-corrected chi connectivity index (χ4v) is 2.74. The Morgan fingerprint density at radius 2 is 2.14 bits per heavy atom. The Balaban J connectivity index is 1.91. The minimum Gasteiger partial charge on any atom is -0.490 e. The first-order chi connectivity index (χ1) is 13.5. The Morgan fingerprint density at radius 3 is 2.82 bits per heavy atom. The molecule has 2 rings (SSSR count). The van der Waals surface area contributed by atoms with Crippen LogP contribution in [0.15, 0.2) is 35.9 Å². The van der Waals surface area contributed by atoms with Crippen molar-refractivity contribution in [2.75, 3.05) is 6.61 Å². The number of hydrogen-bond donors (Lipinski definition) is 1. The molecule has 5 nitrogen and oxygen atoms in total. The molecule has 0 aliphatic rings. The number of rotatable bonds is 10. The van der Waals surface area contributed by atoms with Gasteiger partial charge in [-0.3, -0.25) is 9.48 Å². The molecule has 28 heavy (non-hydrogen) atoms. The molecule has 0 fully saturated rings. The molecule has 0 radical (unpaired) electrons. The number of nitrogens with one attached hydrogen (secondary N) is 1. The first kappa shape index (κ1) is 21.7. The summed E-state index contributed by atoms with van der Waals surface area (Å²) in [5, 5.41) is 7.01. The molecule has 1 amide bonds. The number of benzene rings is 1. The van der Waals surface area contributed by atoms with Crippen molar-refractivity contribution < 1.29 is 13.9 Å². The molecule has 0 saturated carbocycles. The number of carbonyl (C=O) groups excluding carboxylic acids is 1. The number of hydrogen-bond acceptors (Lipinski definition) is 3. The average Bonchev–Trinajstić information content (AvgIpc) is 3.08. The maximum Gasteiger partial charge on any atom is 0.269 e. The smallest absolute Gasteiger partial charge is 0.269 e. The summed E-state index contributed by atoms with van der Waals surface area (Å²) >= 11 is 0. The van der Waals surface area contributed by atoms with Crippen molar-refractivity contribution in [1.82, 2.24) is 15.1 Å². The zero-order chi connectivity index (χ0) is 20.5. The van der Waals surface area contributed by atoms with E-state index < -0.39 is 5.82 Å². The van der Waals surface area contributed by atoms with E-state index in [2.05, 4.69) is 30.3 Å². The van der Waals surface area contributed by atoms with E-state index in [1.165, 1.54) is 5.57 Å². The van der Waals surface area contributed by atoms with Gasteiger partial charge in [-0.25, -0.2) is 4.39 Å². The van der Waals surface area contributed by atoms with Crippen LogP contribution < -0.4 is 10.1 Å². The lowest BCUT2D eigenvalue weighted by Gasteiger charge is -2.11. The number of nitrogens with zero attached hydrogens (tertiary/aromatic N) is 2. The summed E-state index contributed by atoms with van der Waals surface area (Å²) in [4.78, 5) is 12.4. The molecule has 0 aliphatic heterocycles. The van der Waals surface area contributed by atoms with Crippen LogP contribution in [0.4, 0.5) is 4.39 Å². The molecule has 2 aromatic rings. The number of ether oxygens (including phenoxy) is 1. The Kier molecular flexibility index (Phi) is 8.23. The van der Waals surface area contributed by atoms with Gasteiger partial charge in [0.1, 0.15) is 5.69 Å². The third kappa shape index (κ3) is 5.94. The fraction of sp³-hybridized carbons (Fsp3) is 0.455. The molecule has 6 heteroatoms. The highest BCUT2D eigenvalue weighted by Crippen LogP contribution is 2.21. The van der Waals surface area contributed by atoms with Crippen LogP contribution in [-0.2, 0) is 20.0 Å². The highest BCUT2D eigenvalue weighted by Gasteiger charge is 2.14. The van der Waals surface area contributed by atoms with Crippen molar-refractivity contribution in [3.8, 4) is 5.75 Å². The summed E-state index contributed by atoms with van der Waals surface area (Å²) in [5.41, 5.74) is 3.05. The second-order valence-corrected chi connectivity index (χ2v) is 6.80. The lowest BCUT2D eigenvalue weighted by atomic mass is 10.2. The summed E-state index contributed by atoms with van der Waals surface area (Å²) in [5.74, 6) is -0.488. The van der Waals surface area contributed by atoms with Crippen LogP contribution in [0.1, 0.15) is 61.8 Å². The summed E-state index contributed by atoms with van der Waals surface area (Å²) in [6.07, 6.45) is 5.73. The van der Waals surface area contributed by atoms with Gasteiger partial charge < -0.3 is 10.1 Å². The Labute approximate surface area is 166 Å². The van der Waals surface area contributed by atoms with Crippen molar-refractivity contribution >= 4 is 5.91 Å². The maximum absolute atomic E-state index is 14.6. The van der Waals surface area contributed by atoms with Gasteiger partial charge in [0.25, 0.3) is 5.91 Å². The first-order valence-electron chi connectivity index (χ1n) is 9.83. The van der Waals surface area contributed by atoms with E-state index >= 15 is 0 Å². The number of aryl methyl sites for hydroxylation is 2. The lowest BCUT2D eigenvalue weighted by molar-refractivity contribution is 0.0941. The van der Waals surface area contributed by atoms with E-state index in [-0.39, 0.29) is 18.2 Å². The molecular formula is C22H30FN3O2. The van der Waals surface area contributed by atoms with Gasteiger partial charge in [0.15, 0.2) is 11.6 Å². The Hall–Kier alpha value is -2.63. The molecule has 1 aromatic carbocycles. The third-order valence-electron chi connectivity index (χ3n) is 4.66. The Bertz CT molecular complexity index is 827.